The summed E-state index contributed by atoms with van der Waals surface area (Å²) in [5, 5.41) is 3.57. The molecule has 0 aromatic carbocycles. The summed E-state index contributed by atoms with van der Waals surface area (Å²) in [6.07, 6.45) is 2.57. The molecule has 0 atom stereocenters. The summed E-state index contributed by atoms with van der Waals surface area (Å²) < 4.78 is 0. The minimum absolute atomic E-state index is 0.311. The Hall–Kier alpha value is -0.0800. The molecule has 12 heavy (non-hydrogen) atoms. The fourth-order valence-electron chi connectivity index (χ4n) is 1.93. The summed E-state index contributed by atoms with van der Waals surface area (Å²) in [7, 11) is 0. The summed E-state index contributed by atoms with van der Waals surface area (Å²) in [5.74, 6) is 0. The van der Waals surface area contributed by atoms with E-state index in [1.165, 1.54) is 39.0 Å². The molecule has 72 valence electrons. The molecule has 0 aliphatic carbocycles. The fourth-order valence-corrected chi connectivity index (χ4v) is 1.93. The van der Waals surface area contributed by atoms with Gasteiger partial charge in [0.15, 0.2) is 0 Å². The second-order valence-corrected chi connectivity index (χ2v) is 4.44. The van der Waals surface area contributed by atoms with E-state index in [1.807, 2.05) is 0 Å². The molecule has 1 rings (SSSR count). The first-order chi connectivity index (χ1) is 5.64. The Morgan fingerprint density at radius 2 is 2.17 bits per heavy atom. The summed E-state index contributed by atoms with van der Waals surface area (Å²) in [4.78, 5) is 2.57. The van der Waals surface area contributed by atoms with E-state index in [-0.39, 0.29) is 0 Å². The van der Waals surface area contributed by atoms with Crippen LogP contribution in [0.1, 0.15) is 33.6 Å². The maximum atomic E-state index is 3.57. The predicted molar refractivity (Wildman–Crippen MR) is 53.4 cm³/mol. The summed E-state index contributed by atoms with van der Waals surface area (Å²) in [6, 6.07) is 0. The van der Waals surface area contributed by atoms with E-state index < -0.39 is 0 Å². The first-order valence-corrected chi connectivity index (χ1v) is 5.11. The van der Waals surface area contributed by atoms with Gasteiger partial charge in [-0.15, -0.1) is 0 Å². The third kappa shape index (κ3) is 3.11. The molecular weight excluding hydrogens is 148 g/mol. The van der Waals surface area contributed by atoms with Gasteiger partial charge < -0.3 is 10.2 Å². The van der Waals surface area contributed by atoms with Crippen LogP contribution in [-0.4, -0.2) is 36.6 Å². The van der Waals surface area contributed by atoms with Crippen molar-refractivity contribution < 1.29 is 0 Å². The molecule has 1 aliphatic rings. The normalized spacial score (nSPS) is 25.2. The topological polar surface area (TPSA) is 15.3 Å². The average Bonchev–Trinajstić information content (AvgIpc) is 2.11. The number of hydrogen-bond acceptors (Lipinski definition) is 2. The molecule has 1 N–H and O–H groups in total. The van der Waals surface area contributed by atoms with Crippen LogP contribution in [0.4, 0.5) is 0 Å². The Kier molecular flexibility index (Phi) is 3.53. The molecule has 1 fully saturated rings. The van der Waals surface area contributed by atoms with Crippen LogP contribution in [0.15, 0.2) is 0 Å². The maximum absolute atomic E-state index is 3.57. The molecule has 0 aromatic rings. The number of nitrogens with one attached hydrogen (secondary N) is 1. The Labute approximate surface area is 76.3 Å². The Morgan fingerprint density at radius 1 is 1.42 bits per heavy atom. The molecule has 0 radical (unpaired) electrons. The minimum atomic E-state index is 0.311. The highest BCUT2D eigenvalue weighted by molar-refractivity contribution is 4.84. The van der Waals surface area contributed by atoms with E-state index in [0.717, 1.165) is 0 Å². The van der Waals surface area contributed by atoms with Crippen molar-refractivity contribution in [3.05, 3.63) is 0 Å². The predicted octanol–water partition coefficient (Wildman–Crippen LogP) is 1.47. The van der Waals surface area contributed by atoms with Gasteiger partial charge in [0, 0.05) is 12.1 Å². The van der Waals surface area contributed by atoms with E-state index in [9.17, 15) is 0 Å². The van der Waals surface area contributed by atoms with Crippen LogP contribution in [0.3, 0.4) is 0 Å². The molecule has 0 spiro atoms. The van der Waals surface area contributed by atoms with Crippen molar-refractivity contribution in [2.75, 3.05) is 26.2 Å². The van der Waals surface area contributed by atoms with Crippen molar-refractivity contribution in [3.63, 3.8) is 0 Å². The van der Waals surface area contributed by atoms with Crippen molar-refractivity contribution >= 4 is 0 Å². The van der Waals surface area contributed by atoms with Gasteiger partial charge in [-0.3, -0.25) is 0 Å². The summed E-state index contributed by atoms with van der Waals surface area (Å²) in [6.45, 7) is 11.7. The van der Waals surface area contributed by atoms with Gasteiger partial charge in [0.2, 0.25) is 0 Å². The zero-order valence-corrected chi connectivity index (χ0v) is 8.69. The molecule has 2 heteroatoms. The van der Waals surface area contributed by atoms with Gasteiger partial charge in [-0.2, -0.15) is 0 Å². The van der Waals surface area contributed by atoms with E-state index >= 15 is 0 Å². The molecule has 0 amide bonds. The third-order valence-electron chi connectivity index (χ3n) is 2.41. The monoisotopic (exact) mass is 170 g/mol. The molecule has 2 nitrogen and oxygen atoms in total. The van der Waals surface area contributed by atoms with E-state index in [4.69, 9.17) is 0 Å². The Bertz CT molecular complexity index is 132. The lowest BCUT2D eigenvalue weighted by Gasteiger charge is -2.29. The molecule has 0 aromatic heterocycles. The van der Waals surface area contributed by atoms with Gasteiger partial charge in [-0.1, -0.05) is 6.92 Å². The Balaban J connectivity index is 2.42. The van der Waals surface area contributed by atoms with Gasteiger partial charge in [-0.05, 0) is 46.3 Å². The van der Waals surface area contributed by atoms with Gasteiger partial charge in [-0.25, -0.2) is 0 Å². The molecule has 0 unspecified atom stereocenters. The van der Waals surface area contributed by atoms with Crippen LogP contribution in [0.2, 0.25) is 0 Å². The van der Waals surface area contributed by atoms with E-state index in [2.05, 4.69) is 31.0 Å². The van der Waals surface area contributed by atoms with E-state index in [0.29, 0.717) is 5.54 Å². The highest BCUT2D eigenvalue weighted by Gasteiger charge is 2.22. The molecule has 0 bridgehead atoms. The second-order valence-electron chi connectivity index (χ2n) is 4.44. The minimum Gasteiger partial charge on any atom is -0.310 e. The molecule has 1 heterocycles. The molecular formula is C10H22N2. The van der Waals surface area contributed by atoms with Gasteiger partial charge >= 0.3 is 0 Å². The molecule has 1 aliphatic heterocycles. The number of rotatable bonds is 2. The van der Waals surface area contributed by atoms with Gasteiger partial charge in [0.1, 0.15) is 0 Å². The zero-order valence-electron chi connectivity index (χ0n) is 8.69. The Morgan fingerprint density at radius 3 is 2.83 bits per heavy atom. The first kappa shape index (κ1) is 10.0. The van der Waals surface area contributed by atoms with Crippen LogP contribution in [0, 0.1) is 0 Å². The lowest BCUT2D eigenvalue weighted by molar-refractivity contribution is 0.231. The zero-order chi connectivity index (χ0) is 9.03. The van der Waals surface area contributed by atoms with Crippen molar-refractivity contribution in [3.8, 4) is 0 Å². The summed E-state index contributed by atoms with van der Waals surface area (Å²) in [5.41, 5.74) is 0.311. The second kappa shape index (κ2) is 4.24. The third-order valence-corrected chi connectivity index (χ3v) is 2.41. The van der Waals surface area contributed by atoms with Crippen LogP contribution in [0.5, 0.6) is 0 Å². The van der Waals surface area contributed by atoms with Crippen molar-refractivity contribution in [1.29, 1.82) is 0 Å². The number of hydrogen-bond donors (Lipinski definition) is 1. The van der Waals surface area contributed by atoms with Crippen LogP contribution >= 0.6 is 0 Å². The SMILES string of the molecule is CCCN1CCCNC(C)(C)C1. The van der Waals surface area contributed by atoms with E-state index in [1.54, 1.807) is 0 Å². The van der Waals surface area contributed by atoms with Crippen molar-refractivity contribution in [1.82, 2.24) is 10.2 Å². The van der Waals surface area contributed by atoms with Crippen LogP contribution in [0.25, 0.3) is 0 Å². The quantitative estimate of drug-likeness (QED) is 0.675. The fraction of sp³-hybridized carbons (Fsp3) is 1.00. The van der Waals surface area contributed by atoms with Crippen LogP contribution in [-0.2, 0) is 0 Å². The maximum Gasteiger partial charge on any atom is 0.0252 e. The van der Waals surface area contributed by atoms with Crippen molar-refractivity contribution in [2.24, 2.45) is 0 Å². The summed E-state index contributed by atoms with van der Waals surface area (Å²) >= 11 is 0. The van der Waals surface area contributed by atoms with Gasteiger partial charge in [0.25, 0.3) is 0 Å². The smallest absolute Gasteiger partial charge is 0.0252 e. The lowest BCUT2D eigenvalue weighted by Crippen LogP contribution is -2.46. The molecule has 1 saturated heterocycles. The van der Waals surface area contributed by atoms with Crippen molar-refractivity contribution in [2.45, 2.75) is 39.2 Å². The number of nitrogens with zero attached hydrogens (tertiary/aromatic N) is 1. The van der Waals surface area contributed by atoms with Gasteiger partial charge in [0.05, 0.1) is 0 Å². The highest BCUT2D eigenvalue weighted by atomic mass is 15.2. The standard InChI is InChI=1S/C10H22N2/c1-4-7-12-8-5-6-11-10(2,3)9-12/h11H,4-9H2,1-3H3. The molecule has 0 saturated carbocycles. The van der Waals surface area contributed by atoms with Crippen LogP contribution < -0.4 is 5.32 Å². The average molecular weight is 170 g/mol. The first-order valence-electron chi connectivity index (χ1n) is 5.11. The largest absolute Gasteiger partial charge is 0.310 e. The lowest BCUT2D eigenvalue weighted by atomic mass is 10.1. The highest BCUT2D eigenvalue weighted by Crippen LogP contribution is 2.10.